The third-order valence-corrected chi connectivity index (χ3v) is 6.59. The maximum absolute atomic E-state index is 12.5. The fraction of sp³-hybridized carbons (Fsp3) is 0.259. The van der Waals surface area contributed by atoms with Crippen molar-refractivity contribution >= 4 is 40.3 Å². The van der Waals surface area contributed by atoms with Gasteiger partial charge in [-0.2, -0.15) is 0 Å². The van der Waals surface area contributed by atoms with E-state index < -0.39 is 0 Å². The highest BCUT2D eigenvalue weighted by Gasteiger charge is 2.24. The number of pyridine rings is 2. The van der Waals surface area contributed by atoms with Crippen LogP contribution in [-0.4, -0.2) is 45.4 Å². The van der Waals surface area contributed by atoms with E-state index in [1.165, 1.54) is 0 Å². The van der Waals surface area contributed by atoms with E-state index in [1.54, 1.807) is 30.5 Å². The van der Waals surface area contributed by atoms with Gasteiger partial charge in [-0.05, 0) is 67.6 Å². The standard InChI is InChI=1S/C27H27ClN6O2/c28-23-12-18(22-15-30-26-21(22)10-5-11-29-26)13-24(34-23)32-19-8-4-9-20(14-19)33-25(35)16-31-27(36)17-6-2-1-3-7-17/h1-3,5-7,10-13,15,19-20H,4,8-9,14,16H2,(H,29,30)(H,31,36)(H,32,34)(H,33,35). The molecule has 0 saturated heterocycles. The summed E-state index contributed by atoms with van der Waals surface area (Å²) in [4.78, 5) is 36.7. The Morgan fingerprint density at radius 2 is 1.89 bits per heavy atom. The first-order valence-electron chi connectivity index (χ1n) is 12.0. The van der Waals surface area contributed by atoms with Gasteiger partial charge in [-0.3, -0.25) is 9.59 Å². The van der Waals surface area contributed by atoms with Gasteiger partial charge in [0.1, 0.15) is 16.6 Å². The molecule has 0 spiro atoms. The molecular formula is C27H27ClN6O2. The molecule has 4 aromatic rings. The van der Waals surface area contributed by atoms with E-state index in [0.717, 1.165) is 47.8 Å². The maximum atomic E-state index is 12.5. The summed E-state index contributed by atoms with van der Waals surface area (Å²) < 4.78 is 0. The van der Waals surface area contributed by atoms with Gasteiger partial charge >= 0.3 is 0 Å². The van der Waals surface area contributed by atoms with Gasteiger partial charge in [0.2, 0.25) is 5.91 Å². The predicted octanol–water partition coefficient (Wildman–Crippen LogP) is 4.55. The van der Waals surface area contributed by atoms with E-state index in [2.05, 4.69) is 30.9 Å². The second-order valence-electron chi connectivity index (χ2n) is 8.99. The molecule has 0 radical (unpaired) electrons. The number of halogens is 1. The molecule has 0 aliphatic heterocycles. The van der Waals surface area contributed by atoms with Crippen LogP contribution in [0.1, 0.15) is 36.0 Å². The smallest absolute Gasteiger partial charge is 0.251 e. The molecule has 184 valence electrons. The van der Waals surface area contributed by atoms with E-state index in [1.807, 2.05) is 36.5 Å². The van der Waals surface area contributed by atoms with Crippen molar-refractivity contribution in [3.05, 3.63) is 77.7 Å². The van der Waals surface area contributed by atoms with E-state index in [9.17, 15) is 9.59 Å². The Labute approximate surface area is 213 Å². The number of aromatic nitrogens is 3. The minimum atomic E-state index is -0.261. The Hall–Kier alpha value is -3.91. The number of carbonyl (C=O) groups is 2. The molecule has 0 bridgehead atoms. The first-order chi connectivity index (χ1) is 17.5. The first kappa shape index (κ1) is 23.8. The van der Waals surface area contributed by atoms with Crippen molar-refractivity contribution in [2.24, 2.45) is 0 Å². The van der Waals surface area contributed by atoms with Gasteiger partial charge in [-0.25, -0.2) is 9.97 Å². The Kier molecular flexibility index (Phi) is 7.13. The average Bonchev–Trinajstić information content (AvgIpc) is 3.32. The number of H-pyrrole nitrogens is 1. The SMILES string of the molecule is O=C(CNC(=O)c1ccccc1)NC1CCCC(Nc2cc(-c3c[nH]c4ncccc34)cc(Cl)n2)C1. The third kappa shape index (κ3) is 5.66. The molecule has 1 fully saturated rings. The lowest BCUT2D eigenvalue weighted by atomic mass is 9.91. The Morgan fingerprint density at radius 1 is 1.06 bits per heavy atom. The summed E-state index contributed by atoms with van der Waals surface area (Å²) in [6.45, 7) is -0.0546. The number of aromatic amines is 1. The largest absolute Gasteiger partial charge is 0.367 e. The molecule has 4 N–H and O–H groups in total. The molecule has 8 nitrogen and oxygen atoms in total. The molecule has 2 unspecified atom stereocenters. The average molecular weight is 503 g/mol. The molecule has 3 heterocycles. The van der Waals surface area contributed by atoms with Crippen LogP contribution in [0.4, 0.5) is 5.82 Å². The summed E-state index contributed by atoms with van der Waals surface area (Å²) in [5.74, 6) is 0.242. The van der Waals surface area contributed by atoms with Crippen molar-refractivity contribution < 1.29 is 9.59 Å². The van der Waals surface area contributed by atoms with Gasteiger partial charge in [0, 0.05) is 41.0 Å². The van der Waals surface area contributed by atoms with E-state index in [-0.39, 0.29) is 30.4 Å². The van der Waals surface area contributed by atoms with Crippen molar-refractivity contribution in [3.63, 3.8) is 0 Å². The molecule has 1 saturated carbocycles. The molecule has 2 amide bonds. The van der Waals surface area contributed by atoms with Crippen molar-refractivity contribution in [3.8, 4) is 11.1 Å². The number of hydrogen-bond donors (Lipinski definition) is 4. The minimum absolute atomic E-state index is 0.0238. The number of fused-ring (bicyclic) bond motifs is 1. The number of anilines is 1. The number of benzene rings is 1. The summed E-state index contributed by atoms with van der Waals surface area (Å²) in [5, 5.41) is 10.7. The first-order valence-corrected chi connectivity index (χ1v) is 12.4. The van der Waals surface area contributed by atoms with Crippen molar-refractivity contribution in [2.45, 2.75) is 37.8 Å². The molecule has 2 atom stereocenters. The molecule has 9 heteroatoms. The van der Waals surface area contributed by atoms with E-state index in [0.29, 0.717) is 16.5 Å². The Balaban J connectivity index is 1.19. The quantitative estimate of drug-likeness (QED) is 0.277. The number of amides is 2. The summed E-state index contributed by atoms with van der Waals surface area (Å²) in [6, 6.07) is 16.8. The van der Waals surface area contributed by atoms with Crippen LogP contribution in [0.5, 0.6) is 0 Å². The third-order valence-electron chi connectivity index (χ3n) is 6.39. The number of rotatable bonds is 7. The molecule has 1 aliphatic carbocycles. The van der Waals surface area contributed by atoms with E-state index in [4.69, 9.17) is 11.6 Å². The summed E-state index contributed by atoms with van der Waals surface area (Å²) >= 11 is 6.37. The van der Waals surface area contributed by atoms with Gasteiger partial charge in [-0.15, -0.1) is 0 Å². The van der Waals surface area contributed by atoms with Crippen LogP contribution in [0.15, 0.2) is 67.0 Å². The second kappa shape index (κ2) is 10.8. The van der Waals surface area contributed by atoms with Crippen molar-refractivity contribution in [2.75, 3.05) is 11.9 Å². The van der Waals surface area contributed by atoms with Crippen LogP contribution in [0, 0.1) is 0 Å². The van der Waals surface area contributed by atoms with Gasteiger partial charge < -0.3 is 20.9 Å². The lowest BCUT2D eigenvalue weighted by molar-refractivity contribution is -0.121. The highest BCUT2D eigenvalue weighted by molar-refractivity contribution is 6.29. The van der Waals surface area contributed by atoms with Gasteiger partial charge in [-0.1, -0.05) is 29.8 Å². The number of carbonyl (C=O) groups excluding carboxylic acids is 2. The van der Waals surface area contributed by atoms with Gasteiger partial charge in [0.15, 0.2) is 0 Å². The van der Waals surface area contributed by atoms with Crippen LogP contribution < -0.4 is 16.0 Å². The van der Waals surface area contributed by atoms with Gasteiger partial charge in [0.25, 0.3) is 5.91 Å². The Morgan fingerprint density at radius 3 is 2.75 bits per heavy atom. The fourth-order valence-electron chi connectivity index (χ4n) is 4.71. The summed E-state index contributed by atoms with van der Waals surface area (Å²) in [6.07, 6.45) is 7.28. The van der Waals surface area contributed by atoms with Crippen LogP contribution >= 0.6 is 11.6 Å². The highest BCUT2D eigenvalue weighted by Crippen LogP contribution is 2.31. The molecule has 3 aromatic heterocycles. The van der Waals surface area contributed by atoms with Crippen LogP contribution in [-0.2, 0) is 4.79 Å². The molecule has 1 aliphatic rings. The normalized spacial score (nSPS) is 17.5. The minimum Gasteiger partial charge on any atom is -0.367 e. The van der Waals surface area contributed by atoms with Crippen LogP contribution in [0.25, 0.3) is 22.2 Å². The predicted molar refractivity (Wildman–Crippen MR) is 141 cm³/mol. The summed E-state index contributed by atoms with van der Waals surface area (Å²) in [7, 11) is 0. The maximum Gasteiger partial charge on any atom is 0.251 e. The van der Waals surface area contributed by atoms with Crippen molar-refractivity contribution in [1.29, 1.82) is 0 Å². The molecule has 5 rings (SSSR count). The van der Waals surface area contributed by atoms with Crippen LogP contribution in [0.2, 0.25) is 5.15 Å². The lowest BCUT2D eigenvalue weighted by Crippen LogP contribution is -2.45. The second-order valence-corrected chi connectivity index (χ2v) is 9.37. The van der Waals surface area contributed by atoms with Gasteiger partial charge in [0.05, 0.1) is 6.54 Å². The van der Waals surface area contributed by atoms with Crippen LogP contribution in [0.3, 0.4) is 0 Å². The number of nitrogens with one attached hydrogen (secondary N) is 4. The summed E-state index contributed by atoms with van der Waals surface area (Å²) in [5.41, 5.74) is 3.31. The van der Waals surface area contributed by atoms with Crippen molar-refractivity contribution in [1.82, 2.24) is 25.6 Å². The zero-order chi connectivity index (χ0) is 24.9. The zero-order valence-corrected chi connectivity index (χ0v) is 20.4. The monoisotopic (exact) mass is 502 g/mol. The zero-order valence-electron chi connectivity index (χ0n) is 19.6. The number of nitrogens with zero attached hydrogens (tertiary/aromatic N) is 2. The number of hydrogen-bond acceptors (Lipinski definition) is 5. The fourth-order valence-corrected chi connectivity index (χ4v) is 4.92. The Bertz CT molecular complexity index is 1370. The van der Waals surface area contributed by atoms with E-state index >= 15 is 0 Å². The topological polar surface area (TPSA) is 112 Å². The lowest BCUT2D eigenvalue weighted by Gasteiger charge is -2.30. The molecule has 36 heavy (non-hydrogen) atoms. The molecular weight excluding hydrogens is 476 g/mol. The molecule has 1 aromatic carbocycles. The highest BCUT2D eigenvalue weighted by atomic mass is 35.5.